The first-order valence-corrected chi connectivity index (χ1v) is 16.4. The van der Waals surface area contributed by atoms with Crippen molar-refractivity contribution in [2.45, 2.75) is 12.8 Å². The molecule has 1 aliphatic heterocycles. The second-order valence-electron chi connectivity index (χ2n) is 12.5. The molecule has 222 valence electrons. The highest BCUT2D eigenvalue weighted by Gasteiger charge is 2.29. The highest BCUT2D eigenvalue weighted by Crippen LogP contribution is 2.47. The Hall–Kier alpha value is -6.06. The van der Waals surface area contributed by atoms with Gasteiger partial charge in [0.05, 0.1) is 27.8 Å². The highest BCUT2D eigenvalue weighted by atomic mass is 15.2. The van der Waals surface area contributed by atoms with E-state index in [1.165, 1.54) is 77.5 Å². The summed E-state index contributed by atoms with van der Waals surface area (Å²) in [7, 11) is 0. The third-order valence-corrected chi connectivity index (χ3v) is 9.91. The van der Waals surface area contributed by atoms with E-state index >= 15 is 0 Å². The van der Waals surface area contributed by atoms with Crippen molar-refractivity contribution < 1.29 is 0 Å². The molecule has 10 rings (SSSR count). The number of nitrogens with zero attached hydrogens (tertiary/aromatic N) is 3. The zero-order valence-electron chi connectivity index (χ0n) is 25.8. The maximum absolute atomic E-state index is 2.51. The normalized spacial score (nSPS) is 14.3. The van der Waals surface area contributed by atoms with Crippen LogP contribution in [0.3, 0.4) is 0 Å². The van der Waals surface area contributed by atoms with Crippen LogP contribution in [0, 0.1) is 0 Å². The Bertz CT molecular complexity index is 2630. The summed E-state index contributed by atoms with van der Waals surface area (Å²) < 4.78 is 4.86. The van der Waals surface area contributed by atoms with Crippen molar-refractivity contribution >= 4 is 55.0 Å². The van der Waals surface area contributed by atoms with Crippen LogP contribution in [-0.4, -0.2) is 9.13 Å². The molecule has 3 nitrogen and oxygen atoms in total. The Morgan fingerprint density at radius 2 is 1.17 bits per heavy atom. The maximum Gasteiger partial charge on any atom is 0.0562 e. The van der Waals surface area contributed by atoms with E-state index in [0.717, 1.165) is 18.5 Å². The van der Waals surface area contributed by atoms with Crippen LogP contribution in [0.4, 0.5) is 11.4 Å². The first kappa shape index (κ1) is 26.2. The van der Waals surface area contributed by atoms with Gasteiger partial charge in [-0.15, -0.1) is 0 Å². The lowest BCUT2D eigenvalue weighted by molar-refractivity contribution is 1.01. The molecule has 0 saturated carbocycles. The summed E-state index contributed by atoms with van der Waals surface area (Å²) in [6.07, 6.45) is 11.0. The minimum atomic E-state index is 0.918. The van der Waals surface area contributed by atoms with Crippen molar-refractivity contribution in [1.82, 2.24) is 9.13 Å². The molecule has 0 spiro atoms. The van der Waals surface area contributed by atoms with Crippen LogP contribution in [0.2, 0.25) is 0 Å². The van der Waals surface area contributed by atoms with E-state index in [2.05, 4.69) is 178 Å². The molecule has 0 saturated heterocycles. The van der Waals surface area contributed by atoms with E-state index in [1.54, 1.807) is 0 Å². The first-order valence-electron chi connectivity index (χ1n) is 16.4. The molecule has 0 unspecified atom stereocenters. The van der Waals surface area contributed by atoms with Crippen LogP contribution < -0.4 is 4.90 Å². The molecule has 0 bridgehead atoms. The van der Waals surface area contributed by atoms with Crippen LogP contribution in [-0.2, 0) is 6.42 Å². The molecule has 0 amide bonds. The summed E-state index contributed by atoms with van der Waals surface area (Å²) in [6.45, 7) is 0. The quantitative estimate of drug-likeness (QED) is 0.196. The van der Waals surface area contributed by atoms with E-state index in [0.29, 0.717) is 0 Å². The number of hydrogen-bond acceptors (Lipinski definition) is 1. The smallest absolute Gasteiger partial charge is 0.0562 e. The number of rotatable bonds is 3. The van der Waals surface area contributed by atoms with E-state index in [1.807, 2.05) is 0 Å². The molecule has 47 heavy (non-hydrogen) atoms. The minimum Gasteiger partial charge on any atom is -0.310 e. The average molecular weight is 602 g/mol. The monoisotopic (exact) mass is 601 g/mol. The fraction of sp³-hybridized carbons (Fsp3) is 0.0455. The number of benzene rings is 6. The number of fused-ring (bicyclic) bond motifs is 8. The molecule has 0 N–H and O–H groups in total. The second kappa shape index (κ2) is 10.2. The molecular formula is C44H31N3. The van der Waals surface area contributed by atoms with E-state index in [-0.39, 0.29) is 0 Å². The van der Waals surface area contributed by atoms with Gasteiger partial charge < -0.3 is 14.0 Å². The van der Waals surface area contributed by atoms with Gasteiger partial charge in [0, 0.05) is 50.7 Å². The Labute approximate surface area is 273 Å². The van der Waals surface area contributed by atoms with Gasteiger partial charge in [-0.3, -0.25) is 0 Å². The van der Waals surface area contributed by atoms with Crippen LogP contribution in [0.5, 0.6) is 0 Å². The van der Waals surface area contributed by atoms with Gasteiger partial charge in [-0.1, -0.05) is 109 Å². The van der Waals surface area contributed by atoms with Crippen molar-refractivity contribution in [2.75, 3.05) is 4.90 Å². The zero-order chi connectivity index (χ0) is 30.9. The highest BCUT2D eigenvalue weighted by molar-refractivity contribution is 6.17. The topological polar surface area (TPSA) is 13.1 Å². The molecule has 3 heterocycles. The lowest BCUT2D eigenvalue weighted by atomic mass is 9.92. The molecule has 0 radical (unpaired) electrons. The standard InChI is InChI=1S/C44H31N3/c1-3-14-30-28-31-15-7-10-21-38(31)47(37(30)20-6-1)42-25-13-24-41-44(42)36-19-9-12-23-40(36)46(41)33-26-27-35-34-18-8-11-22-39(34)45(43(35)29-33)32-16-4-2-5-17-32/h1-5,7-27,29H,6,28H2. The molecular weight excluding hydrogens is 571 g/mol. The van der Waals surface area contributed by atoms with Crippen molar-refractivity contribution in [1.29, 1.82) is 0 Å². The number of anilines is 2. The van der Waals surface area contributed by atoms with Crippen LogP contribution in [0.1, 0.15) is 12.0 Å². The molecule has 8 aromatic rings. The van der Waals surface area contributed by atoms with Crippen LogP contribution in [0.25, 0.3) is 55.0 Å². The molecule has 0 atom stereocenters. The number of aromatic nitrogens is 2. The predicted octanol–water partition coefficient (Wildman–Crippen LogP) is 11.3. The lowest BCUT2D eigenvalue weighted by Gasteiger charge is -2.36. The fourth-order valence-corrected chi connectivity index (χ4v) is 7.93. The SMILES string of the molecule is C1=CCC=C2C(=C1)Cc1ccccc1N2c1cccc2c1c1ccccc1n2-c1ccc2c3ccccc3n(-c3ccccc3)c2c1. The summed E-state index contributed by atoms with van der Waals surface area (Å²) in [5.41, 5.74) is 13.6. The van der Waals surface area contributed by atoms with E-state index < -0.39 is 0 Å². The van der Waals surface area contributed by atoms with Crippen LogP contribution in [0.15, 0.2) is 175 Å². The van der Waals surface area contributed by atoms with Gasteiger partial charge in [-0.05, 0) is 72.2 Å². The lowest BCUT2D eigenvalue weighted by Crippen LogP contribution is -2.24. The van der Waals surface area contributed by atoms with Gasteiger partial charge in [-0.25, -0.2) is 0 Å². The Kier molecular flexibility index (Phi) is 5.70. The van der Waals surface area contributed by atoms with Gasteiger partial charge in [-0.2, -0.15) is 0 Å². The van der Waals surface area contributed by atoms with Crippen molar-refractivity contribution in [3.8, 4) is 11.4 Å². The van der Waals surface area contributed by atoms with Gasteiger partial charge in [0.2, 0.25) is 0 Å². The van der Waals surface area contributed by atoms with E-state index in [9.17, 15) is 0 Å². The average Bonchev–Trinajstić information content (AvgIpc) is 3.53. The summed E-state index contributed by atoms with van der Waals surface area (Å²) in [5, 5.41) is 5.04. The van der Waals surface area contributed by atoms with Gasteiger partial charge in [0.1, 0.15) is 0 Å². The van der Waals surface area contributed by atoms with Gasteiger partial charge >= 0.3 is 0 Å². The third kappa shape index (κ3) is 3.87. The molecule has 0 fully saturated rings. The zero-order valence-corrected chi connectivity index (χ0v) is 25.8. The van der Waals surface area contributed by atoms with Crippen molar-refractivity contribution in [2.24, 2.45) is 0 Å². The maximum atomic E-state index is 2.51. The number of para-hydroxylation sites is 4. The first-order chi connectivity index (χ1) is 23.3. The van der Waals surface area contributed by atoms with Crippen molar-refractivity contribution in [3.63, 3.8) is 0 Å². The van der Waals surface area contributed by atoms with Gasteiger partial charge in [0.15, 0.2) is 0 Å². The second-order valence-corrected chi connectivity index (χ2v) is 12.5. The largest absolute Gasteiger partial charge is 0.310 e. The molecule has 2 aliphatic rings. The predicted molar refractivity (Wildman–Crippen MR) is 197 cm³/mol. The summed E-state index contributed by atoms with van der Waals surface area (Å²) in [5.74, 6) is 0. The van der Waals surface area contributed by atoms with Crippen LogP contribution >= 0.6 is 0 Å². The third-order valence-electron chi connectivity index (χ3n) is 9.91. The van der Waals surface area contributed by atoms with Gasteiger partial charge in [0.25, 0.3) is 0 Å². The van der Waals surface area contributed by atoms with E-state index in [4.69, 9.17) is 0 Å². The molecule has 2 aromatic heterocycles. The summed E-state index contributed by atoms with van der Waals surface area (Å²) >= 11 is 0. The number of hydrogen-bond donors (Lipinski definition) is 0. The fourth-order valence-electron chi connectivity index (χ4n) is 7.93. The Balaban J connectivity index is 1.27. The Morgan fingerprint density at radius 3 is 2.06 bits per heavy atom. The Morgan fingerprint density at radius 1 is 0.489 bits per heavy atom. The van der Waals surface area contributed by atoms with Crippen molar-refractivity contribution in [3.05, 3.63) is 181 Å². The molecule has 1 aliphatic carbocycles. The summed E-state index contributed by atoms with van der Waals surface area (Å²) in [4.78, 5) is 2.51. The summed E-state index contributed by atoms with van der Waals surface area (Å²) in [6, 6.07) is 51.0. The molecule has 6 aromatic carbocycles. The number of allylic oxidation sites excluding steroid dienone is 5. The minimum absolute atomic E-state index is 0.918. The molecule has 3 heteroatoms.